The van der Waals surface area contributed by atoms with Crippen LogP contribution in [0.15, 0.2) is 0 Å². The van der Waals surface area contributed by atoms with Crippen LogP contribution in [0.2, 0.25) is 0 Å². The van der Waals surface area contributed by atoms with E-state index in [9.17, 15) is 0 Å². The summed E-state index contributed by atoms with van der Waals surface area (Å²) in [4.78, 5) is 0. The van der Waals surface area contributed by atoms with Crippen molar-refractivity contribution in [1.82, 2.24) is 0 Å². The van der Waals surface area contributed by atoms with Gasteiger partial charge in [-0.25, -0.2) is 25.3 Å². The number of hydrogen-bond donors (Lipinski definition) is 0. The molecule has 0 atom stereocenters. The first kappa shape index (κ1) is 25.8. The molecule has 0 fully saturated rings. The summed E-state index contributed by atoms with van der Waals surface area (Å²) in [5.41, 5.74) is 0. The third-order valence-corrected chi connectivity index (χ3v) is 0. The molecule has 16 heavy (non-hydrogen) atoms. The topological polar surface area (TPSA) is 172 Å². The maximum atomic E-state index is 9.08. The van der Waals surface area contributed by atoms with Crippen LogP contribution in [0.25, 0.3) is 0 Å². The van der Waals surface area contributed by atoms with Crippen LogP contribution >= 0.6 is 0 Å². The molecule has 9 nitrogen and oxygen atoms in total. The Kier molecular flexibility index (Phi) is 16.2. The van der Waals surface area contributed by atoms with E-state index in [4.69, 9.17) is 38.9 Å². The minimum atomic E-state index is -3.92. The Balaban J connectivity index is -0.0000000655. The first-order valence-electron chi connectivity index (χ1n) is 2.72. The second-order valence-corrected chi connectivity index (χ2v) is 6.34. The molecule has 0 N–H and O–H groups in total. The first-order valence-corrected chi connectivity index (χ1v) is 8.17. The molecule has 0 amide bonds. The van der Waals surface area contributed by atoms with Crippen molar-refractivity contribution >= 4 is 30.4 Å². The van der Waals surface area contributed by atoms with Crippen molar-refractivity contribution in [2.75, 3.05) is 18.8 Å². The van der Waals surface area contributed by atoms with Gasteiger partial charge in [0.1, 0.15) is 0 Å². The maximum absolute atomic E-state index is 9.08. The molecule has 99 valence electrons. The normalized spacial score (nSPS) is 10.9. The fraction of sp³-hybridized carbons (Fsp3) is 1.00. The summed E-state index contributed by atoms with van der Waals surface area (Å²) in [6.07, 6.45) is 1.81. The van der Waals surface area contributed by atoms with Gasteiger partial charge in [0.05, 0.1) is 30.4 Å². The zero-order valence-electron chi connectivity index (χ0n) is 8.31. The summed E-state index contributed by atoms with van der Waals surface area (Å²) in [6.45, 7) is 0. The molecule has 0 aliphatic heterocycles. The molecule has 0 aromatic rings. The van der Waals surface area contributed by atoms with Crippen LogP contribution in [0.1, 0.15) is 0 Å². The van der Waals surface area contributed by atoms with Gasteiger partial charge in [0.25, 0.3) is 0 Å². The third kappa shape index (κ3) is 2620. The Hall–Kier alpha value is 1.07. The average Bonchev–Trinajstić information content (AvgIpc) is 1.41. The number of hydrogen-bond acceptors (Lipinski definition) is 9. The van der Waals surface area contributed by atoms with Crippen LogP contribution in [0.5, 0.6) is 0 Å². The molecular formula is C3H9O9S3Sm. The van der Waals surface area contributed by atoms with E-state index in [2.05, 4.69) is 0 Å². The molecule has 0 rings (SSSR count). The molecule has 0 aliphatic rings. The molecule has 13 heteroatoms. The predicted octanol–water partition coefficient (Wildman–Crippen LogP) is -2.52. The Morgan fingerprint density at radius 1 is 0.562 bits per heavy atom. The van der Waals surface area contributed by atoms with Crippen molar-refractivity contribution in [3.05, 3.63) is 0 Å². The molecule has 0 aromatic carbocycles. The van der Waals surface area contributed by atoms with Crippen LogP contribution in [0, 0.1) is 40.4 Å². The molecule has 0 bridgehead atoms. The van der Waals surface area contributed by atoms with Gasteiger partial charge in [-0.2, -0.15) is 0 Å². The standard InChI is InChI=1S/3CH4O3S.Sm/c3*1-5(2,3)4;/h3*1H3,(H,2,3,4);/q;;;+3/p-3. The van der Waals surface area contributed by atoms with Crippen LogP contribution < -0.4 is 0 Å². The number of rotatable bonds is 0. The first-order chi connectivity index (χ1) is 6.00. The summed E-state index contributed by atoms with van der Waals surface area (Å²) < 4.78 is 81.7. The van der Waals surface area contributed by atoms with E-state index in [0.717, 1.165) is 0 Å². The molecule has 1 radical (unpaired) electrons. The molecule has 0 saturated carbocycles. The van der Waals surface area contributed by atoms with E-state index in [-0.39, 0.29) is 40.4 Å². The summed E-state index contributed by atoms with van der Waals surface area (Å²) in [7, 11) is -11.8. The van der Waals surface area contributed by atoms with Crippen LogP contribution in [0.4, 0.5) is 0 Å². The van der Waals surface area contributed by atoms with E-state index in [1.54, 1.807) is 0 Å². The summed E-state index contributed by atoms with van der Waals surface area (Å²) >= 11 is 0. The van der Waals surface area contributed by atoms with E-state index >= 15 is 0 Å². The van der Waals surface area contributed by atoms with Gasteiger partial charge < -0.3 is 13.7 Å². The van der Waals surface area contributed by atoms with Gasteiger partial charge in [0, 0.05) is 18.8 Å². The van der Waals surface area contributed by atoms with Crippen molar-refractivity contribution in [2.45, 2.75) is 0 Å². The molecule has 0 unspecified atom stereocenters. The molecule has 0 heterocycles. The van der Waals surface area contributed by atoms with Gasteiger partial charge in [-0.3, -0.25) is 0 Å². The SMILES string of the molecule is CS(=O)(=O)[O-].CS(=O)(=O)[O-].CS(=O)(=O)[O-].[Sm+3]. The minimum Gasteiger partial charge on any atom is -0.748 e. The smallest absolute Gasteiger partial charge is 0.748 e. The van der Waals surface area contributed by atoms with Crippen molar-refractivity contribution in [3.63, 3.8) is 0 Å². The second-order valence-electron chi connectivity index (χ2n) is 2.11. The monoisotopic (exact) mass is 437 g/mol. The van der Waals surface area contributed by atoms with Gasteiger partial charge in [0.15, 0.2) is 0 Å². The fourth-order valence-electron chi connectivity index (χ4n) is 0. The van der Waals surface area contributed by atoms with Crippen LogP contribution in [0.3, 0.4) is 0 Å². The van der Waals surface area contributed by atoms with Crippen molar-refractivity contribution in [2.24, 2.45) is 0 Å². The Labute approximate surface area is 127 Å². The molecule has 0 saturated heterocycles. The van der Waals surface area contributed by atoms with E-state index in [1.807, 2.05) is 0 Å². The minimum absolute atomic E-state index is 0. The van der Waals surface area contributed by atoms with Gasteiger partial charge in [-0.15, -0.1) is 0 Å². The summed E-state index contributed by atoms with van der Waals surface area (Å²) in [6, 6.07) is 0. The summed E-state index contributed by atoms with van der Waals surface area (Å²) in [5.74, 6) is 0. The van der Waals surface area contributed by atoms with Crippen molar-refractivity contribution in [1.29, 1.82) is 0 Å². The average molecular weight is 436 g/mol. The zero-order chi connectivity index (χ0) is 13.5. The third-order valence-electron chi connectivity index (χ3n) is 0. The largest absolute Gasteiger partial charge is 3.00 e. The van der Waals surface area contributed by atoms with Crippen molar-refractivity contribution < 1.29 is 79.3 Å². The van der Waals surface area contributed by atoms with Gasteiger partial charge in [-0.05, 0) is 0 Å². The maximum Gasteiger partial charge on any atom is 3.00 e. The van der Waals surface area contributed by atoms with Crippen molar-refractivity contribution in [3.8, 4) is 0 Å². The van der Waals surface area contributed by atoms with Gasteiger partial charge >= 0.3 is 40.4 Å². The van der Waals surface area contributed by atoms with Gasteiger partial charge in [0.2, 0.25) is 0 Å². The predicted molar refractivity (Wildman–Crippen MR) is 46.9 cm³/mol. The Bertz CT molecular complexity index is 347. The van der Waals surface area contributed by atoms with Gasteiger partial charge in [-0.1, -0.05) is 0 Å². The van der Waals surface area contributed by atoms with E-state index in [1.165, 1.54) is 0 Å². The van der Waals surface area contributed by atoms with Crippen LogP contribution in [-0.4, -0.2) is 57.7 Å². The van der Waals surface area contributed by atoms with Crippen LogP contribution in [-0.2, 0) is 30.4 Å². The molecule has 0 aliphatic carbocycles. The van der Waals surface area contributed by atoms with E-state index in [0.29, 0.717) is 18.8 Å². The summed E-state index contributed by atoms with van der Waals surface area (Å²) in [5, 5.41) is 0. The van der Waals surface area contributed by atoms with E-state index < -0.39 is 30.4 Å². The molecule has 0 spiro atoms. The Morgan fingerprint density at radius 3 is 0.562 bits per heavy atom. The quantitative estimate of drug-likeness (QED) is 0.372. The molecular weight excluding hydrogens is 427 g/mol. The zero-order valence-corrected chi connectivity index (χ0v) is 13.4. The molecule has 0 aromatic heterocycles. The second kappa shape index (κ2) is 10.0. The fourth-order valence-corrected chi connectivity index (χ4v) is 0. The Morgan fingerprint density at radius 2 is 0.562 bits per heavy atom.